The van der Waals surface area contributed by atoms with Crippen molar-refractivity contribution in [3.05, 3.63) is 15.8 Å². The number of nitrogens with zero attached hydrogens (tertiary/aromatic N) is 1. The molecule has 0 bridgehead atoms. The van der Waals surface area contributed by atoms with E-state index in [4.69, 9.17) is 0 Å². The zero-order valence-corrected chi connectivity index (χ0v) is 13.3. The Balaban J connectivity index is 2.55. The van der Waals surface area contributed by atoms with Gasteiger partial charge in [-0.3, -0.25) is 14.9 Å². The van der Waals surface area contributed by atoms with Crippen LogP contribution in [0.3, 0.4) is 0 Å². The molecular formula is C12H16N2O4S2. The molecule has 0 unspecified atom stereocenters. The lowest BCUT2D eigenvalue weighted by atomic mass is 10.0. The number of piperazine rings is 1. The Bertz CT molecular complexity index is 688. The van der Waals surface area contributed by atoms with Crippen LogP contribution >= 0.6 is 11.3 Å². The van der Waals surface area contributed by atoms with Gasteiger partial charge in [-0.25, -0.2) is 8.42 Å². The van der Waals surface area contributed by atoms with Crippen LogP contribution in [0.1, 0.15) is 23.6 Å². The fourth-order valence-corrected chi connectivity index (χ4v) is 5.36. The summed E-state index contributed by atoms with van der Waals surface area (Å²) in [4.78, 5) is 25.1. The van der Waals surface area contributed by atoms with Crippen LogP contribution in [0.4, 0.5) is 0 Å². The van der Waals surface area contributed by atoms with Gasteiger partial charge < -0.3 is 0 Å². The largest absolute Gasteiger partial charge is 0.294 e. The van der Waals surface area contributed by atoms with Crippen LogP contribution in [0.5, 0.6) is 0 Å². The maximum absolute atomic E-state index is 12.7. The quantitative estimate of drug-likeness (QED) is 0.818. The third-order valence-corrected chi connectivity index (χ3v) is 6.52. The molecule has 1 saturated heterocycles. The molecule has 1 aromatic rings. The van der Waals surface area contributed by atoms with Gasteiger partial charge in [-0.1, -0.05) is 0 Å². The van der Waals surface area contributed by atoms with Crippen molar-refractivity contribution in [3.8, 4) is 0 Å². The summed E-state index contributed by atoms with van der Waals surface area (Å²) in [5.41, 5.74) is -1.30. The first-order valence-corrected chi connectivity index (χ1v) is 8.26. The van der Waals surface area contributed by atoms with E-state index >= 15 is 0 Å². The second kappa shape index (κ2) is 4.64. The first kappa shape index (κ1) is 15.1. The van der Waals surface area contributed by atoms with Gasteiger partial charge in [0.05, 0.1) is 11.4 Å². The summed E-state index contributed by atoms with van der Waals surface area (Å²) in [5, 5.41) is 2.16. The molecule has 0 spiro atoms. The van der Waals surface area contributed by atoms with Gasteiger partial charge in [0.15, 0.2) is 0 Å². The van der Waals surface area contributed by atoms with Crippen LogP contribution in [0.15, 0.2) is 11.0 Å². The monoisotopic (exact) mass is 316 g/mol. The molecule has 6 nitrogen and oxygen atoms in total. The van der Waals surface area contributed by atoms with Crippen molar-refractivity contribution < 1.29 is 18.0 Å². The number of rotatable bonds is 2. The lowest BCUT2D eigenvalue weighted by Crippen LogP contribution is -2.65. The van der Waals surface area contributed by atoms with E-state index < -0.39 is 27.4 Å². The number of imide groups is 1. The highest BCUT2D eigenvalue weighted by atomic mass is 32.2. The molecule has 1 fully saturated rings. The van der Waals surface area contributed by atoms with Crippen molar-refractivity contribution in [2.75, 3.05) is 6.54 Å². The van der Waals surface area contributed by atoms with Crippen molar-refractivity contribution in [1.82, 2.24) is 9.62 Å². The molecule has 0 aromatic carbocycles. The van der Waals surface area contributed by atoms with Crippen LogP contribution in [0.2, 0.25) is 0 Å². The molecule has 2 rings (SSSR count). The van der Waals surface area contributed by atoms with E-state index in [9.17, 15) is 18.0 Å². The van der Waals surface area contributed by atoms with E-state index in [1.807, 2.05) is 6.92 Å². The number of sulfonamides is 1. The van der Waals surface area contributed by atoms with E-state index in [0.717, 1.165) is 9.18 Å². The Morgan fingerprint density at radius 2 is 1.90 bits per heavy atom. The minimum Gasteiger partial charge on any atom is -0.294 e. The summed E-state index contributed by atoms with van der Waals surface area (Å²) in [5.74, 6) is -1.22. The molecule has 1 aliphatic rings. The average molecular weight is 316 g/mol. The number of amides is 2. The lowest BCUT2D eigenvalue weighted by Gasteiger charge is -2.38. The van der Waals surface area contributed by atoms with Crippen LogP contribution in [-0.2, 0) is 19.6 Å². The first-order valence-electron chi connectivity index (χ1n) is 6.01. The van der Waals surface area contributed by atoms with Crippen LogP contribution in [0, 0.1) is 13.8 Å². The summed E-state index contributed by atoms with van der Waals surface area (Å²) in [6.07, 6.45) is 0. The fraction of sp³-hybridized carbons (Fsp3) is 0.500. The molecule has 20 heavy (non-hydrogen) atoms. The van der Waals surface area contributed by atoms with Crippen molar-refractivity contribution in [2.45, 2.75) is 38.1 Å². The van der Waals surface area contributed by atoms with Crippen molar-refractivity contribution in [1.29, 1.82) is 0 Å². The number of aryl methyl sites for hydroxylation is 2. The van der Waals surface area contributed by atoms with E-state index in [1.54, 1.807) is 13.0 Å². The second-order valence-electron chi connectivity index (χ2n) is 5.23. The highest BCUT2D eigenvalue weighted by Gasteiger charge is 2.48. The highest BCUT2D eigenvalue weighted by molar-refractivity contribution is 7.89. The van der Waals surface area contributed by atoms with E-state index in [0.29, 0.717) is 4.88 Å². The molecule has 0 aliphatic carbocycles. The zero-order valence-electron chi connectivity index (χ0n) is 11.7. The van der Waals surface area contributed by atoms with Crippen molar-refractivity contribution >= 4 is 33.2 Å². The summed E-state index contributed by atoms with van der Waals surface area (Å²) < 4.78 is 26.4. The maximum Gasteiger partial charge on any atom is 0.247 e. The molecule has 1 aromatic heterocycles. The standard InChI is InChI=1S/C12H16N2O4S2/c1-7-5-9(8(2)19-7)20(17,18)14-6-10(15)13-11(16)12(14,3)4/h5H,6H2,1-4H3,(H,13,15,16). The fourth-order valence-electron chi connectivity index (χ4n) is 2.13. The predicted molar refractivity (Wildman–Crippen MR) is 74.9 cm³/mol. The Morgan fingerprint density at radius 3 is 2.40 bits per heavy atom. The van der Waals surface area contributed by atoms with Gasteiger partial charge in [0.25, 0.3) is 0 Å². The lowest BCUT2D eigenvalue weighted by molar-refractivity contribution is -0.141. The molecule has 2 heterocycles. The Kier molecular flexibility index (Phi) is 3.52. The van der Waals surface area contributed by atoms with Gasteiger partial charge in [0, 0.05) is 9.75 Å². The minimum atomic E-state index is -3.88. The normalized spacial score (nSPS) is 20.0. The Labute approximate surface area is 121 Å². The topological polar surface area (TPSA) is 83.6 Å². The number of thiophene rings is 1. The average Bonchev–Trinajstić information content (AvgIpc) is 2.64. The Morgan fingerprint density at radius 1 is 1.30 bits per heavy atom. The molecule has 110 valence electrons. The number of hydrogen-bond acceptors (Lipinski definition) is 5. The van der Waals surface area contributed by atoms with Gasteiger partial charge in [-0.2, -0.15) is 4.31 Å². The molecule has 1 aliphatic heterocycles. The minimum absolute atomic E-state index is 0.163. The SMILES string of the molecule is Cc1cc(S(=O)(=O)N2CC(=O)NC(=O)C2(C)C)c(C)s1. The molecule has 0 radical (unpaired) electrons. The molecule has 8 heteroatoms. The van der Waals surface area contributed by atoms with Gasteiger partial charge in [0.1, 0.15) is 5.54 Å². The summed E-state index contributed by atoms with van der Waals surface area (Å²) in [6, 6.07) is 1.57. The third kappa shape index (κ3) is 2.27. The summed E-state index contributed by atoms with van der Waals surface area (Å²) in [6.45, 7) is 6.15. The molecule has 0 atom stereocenters. The zero-order chi connectivity index (χ0) is 15.3. The van der Waals surface area contributed by atoms with Crippen LogP contribution in [-0.4, -0.2) is 36.6 Å². The van der Waals surface area contributed by atoms with Crippen LogP contribution in [0.25, 0.3) is 0 Å². The van der Waals surface area contributed by atoms with Gasteiger partial charge in [-0.05, 0) is 33.8 Å². The van der Waals surface area contributed by atoms with E-state index in [1.165, 1.54) is 25.2 Å². The molecule has 0 saturated carbocycles. The number of nitrogens with one attached hydrogen (secondary N) is 1. The van der Waals surface area contributed by atoms with Gasteiger partial charge >= 0.3 is 0 Å². The smallest absolute Gasteiger partial charge is 0.247 e. The number of carbonyl (C=O) groups is 2. The maximum atomic E-state index is 12.7. The van der Waals surface area contributed by atoms with Gasteiger partial charge in [-0.15, -0.1) is 11.3 Å². The summed E-state index contributed by atoms with van der Waals surface area (Å²) in [7, 11) is -3.88. The Hall–Kier alpha value is -1.25. The van der Waals surface area contributed by atoms with E-state index in [2.05, 4.69) is 5.32 Å². The third-order valence-electron chi connectivity index (χ3n) is 3.28. The van der Waals surface area contributed by atoms with Crippen molar-refractivity contribution in [3.63, 3.8) is 0 Å². The van der Waals surface area contributed by atoms with Crippen molar-refractivity contribution in [2.24, 2.45) is 0 Å². The molecule has 2 amide bonds. The number of hydrogen-bond donors (Lipinski definition) is 1. The second-order valence-corrected chi connectivity index (χ2v) is 8.52. The van der Waals surface area contributed by atoms with Gasteiger partial charge in [0.2, 0.25) is 21.8 Å². The molecule has 1 N–H and O–H groups in total. The summed E-state index contributed by atoms with van der Waals surface area (Å²) >= 11 is 1.37. The van der Waals surface area contributed by atoms with Crippen LogP contribution < -0.4 is 5.32 Å². The predicted octanol–water partition coefficient (Wildman–Crippen LogP) is 0.791. The number of carbonyl (C=O) groups excluding carboxylic acids is 2. The first-order chi connectivity index (χ1) is 9.06. The van der Waals surface area contributed by atoms with E-state index in [-0.39, 0.29) is 11.4 Å². The molecular weight excluding hydrogens is 300 g/mol. The highest BCUT2D eigenvalue weighted by Crippen LogP contribution is 2.32.